The van der Waals surface area contributed by atoms with Crippen molar-refractivity contribution in [2.45, 2.75) is 0 Å². The third-order valence-corrected chi connectivity index (χ3v) is 5.98. The zero-order valence-electron chi connectivity index (χ0n) is 15.9. The highest BCUT2D eigenvalue weighted by Crippen LogP contribution is 2.37. The van der Waals surface area contributed by atoms with Gasteiger partial charge in [-0.05, 0) is 24.7 Å². The van der Waals surface area contributed by atoms with E-state index in [0.717, 1.165) is 47.5 Å². The maximum atomic E-state index is 13.3. The standard InChI is InChI=1S/C20H22FN5OS/c1-24-7-9-26(10-8-24)17(27)11-25(2)19-18-16(12-28-20(18)23-13-22-19)14-3-5-15(21)6-4-14/h3-6,12-13H,7-11H2,1-2H3. The Bertz CT molecular complexity index is 982. The molecule has 0 aliphatic carbocycles. The number of likely N-dealkylation sites (N-methyl/N-ethyl adjacent to an activating group) is 2. The van der Waals surface area contributed by atoms with Crippen LogP contribution in [0.15, 0.2) is 36.0 Å². The predicted octanol–water partition coefficient (Wildman–Crippen LogP) is 2.71. The molecule has 28 heavy (non-hydrogen) atoms. The van der Waals surface area contributed by atoms with Gasteiger partial charge in [0.2, 0.25) is 5.91 Å². The van der Waals surface area contributed by atoms with Crippen LogP contribution in [0.4, 0.5) is 10.2 Å². The van der Waals surface area contributed by atoms with Crippen molar-refractivity contribution in [3.05, 3.63) is 41.8 Å². The number of carbonyl (C=O) groups is 1. The Hall–Kier alpha value is -2.58. The third-order valence-electron chi connectivity index (χ3n) is 5.10. The minimum Gasteiger partial charge on any atom is -0.350 e. The molecule has 0 spiro atoms. The van der Waals surface area contributed by atoms with Gasteiger partial charge in [-0.3, -0.25) is 4.79 Å². The second-order valence-electron chi connectivity index (χ2n) is 7.07. The number of benzene rings is 1. The molecule has 2 aromatic heterocycles. The van der Waals surface area contributed by atoms with Crippen LogP contribution in [0.2, 0.25) is 0 Å². The molecular formula is C20H22FN5OS. The summed E-state index contributed by atoms with van der Waals surface area (Å²) < 4.78 is 13.3. The third kappa shape index (κ3) is 3.70. The maximum Gasteiger partial charge on any atom is 0.242 e. The molecule has 1 fully saturated rings. The normalized spacial score (nSPS) is 15.2. The van der Waals surface area contributed by atoms with Gasteiger partial charge >= 0.3 is 0 Å². The summed E-state index contributed by atoms with van der Waals surface area (Å²) in [5.74, 6) is 0.545. The van der Waals surface area contributed by atoms with E-state index in [9.17, 15) is 9.18 Å². The fraction of sp³-hybridized carbons (Fsp3) is 0.350. The Balaban J connectivity index is 1.62. The van der Waals surface area contributed by atoms with Crippen molar-refractivity contribution in [1.82, 2.24) is 19.8 Å². The first-order chi connectivity index (χ1) is 13.5. The summed E-state index contributed by atoms with van der Waals surface area (Å²) in [6.07, 6.45) is 1.53. The molecule has 6 nitrogen and oxygen atoms in total. The molecular weight excluding hydrogens is 377 g/mol. The van der Waals surface area contributed by atoms with E-state index in [0.29, 0.717) is 5.82 Å². The number of nitrogens with zero attached hydrogens (tertiary/aromatic N) is 5. The van der Waals surface area contributed by atoms with Crippen molar-refractivity contribution >= 4 is 33.3 Å². The molecule has 1 aliphatic heterocycles. The molecule has 0 saturated carbocycles. The molecule has 1 saturated heterocycles. The lowest BCUT2D eigenvalue weighted by Gasteiger charge is -2.33. The number of rotatable bonds is 4. The van der Waals surface area contributed by atoms with E-state index < -0.39 is 0 Å². The Labute approximate surface area is 167 Å². The monoisotopic (exact) mass is 399 g/mol. The van der Waals surface area contributed by atoms with Gasteiger partial charge in [-0.1, -0.05) is 12.1 Å². The summed E-state index contributed by atoms with van der Waals surface area (Å²) in [6, 6.07) is 6.40. The second-order valence-corrected chi connectivity index (χ2v) is 7.93. The van der Waals surface area contributed by atoms with Crippen LogP contribution in [0.3, 0.4) is 0 Å². The summed E-state index contributed by atoms with van der Waals surface area (Å²) >= 11 is 1.52. The van der Waals surface area contributed by atoms with Crippen LogP contribution in [-0.4, -0.2) is 72.5 Å². The summed E-state index contributed by atoms with van der Waals surface area (Å²) in [4.78, 5) is 28.4. The SMILES string of the molecule is CN1CCN(C(=O)CN(C)c2ncnc3scc(-c4ccc(F)cc4)c23)CC1. The highest BCUT2D eigenvalue weighted by Gasteiger charge is 2.22. The van der Waals surface area contributed by atoms with E-state index in [2.05, 4.69) is 21.9 Å². The van der Waals surface area contributed by atoms with E-state index in [1.165, 1.54) is 29.8 Å². The molecule has 1 aromatic carbocycles. The minimum atomic E-state index is -0.269. The first kappa shape index (κ1) is 18.8. The van der Waals surface area contributed by atoms with Crippen LogP contribution < -0.4 is 4.90 Å². The number of amides is 1. The lowest BCUT2D eigenvalue weighted by molar-refractivity contribution is -0.131. The van der Waals surface area contributed by atoms with Crippen molar-refractivity contribution in [3.8, 4) is 11.1 Å². The average Bonchev–Trinajstić information content (AvgIpc) is 3.13. The Morgan fingerprint density at radius 2 is 1.89 bits per heavy atom. The maximum absolute atomic E-state index is 13.3. The van der Waals surface area contributed by atoms with Gasteiger partial charge in [-0.25, -0.2) is 14.4 Å². The van der Waals surface area contributed by atoms with Gasteiger partial charge in [-0.2, -0.15) is 0 Å². The van der Waals surface area contributed by atoms with Crippen LogP contribution >= 0.6 is 11.3 Å². The van der Waals surface area contributed by atoms with Crippen molar-refractivity contribution in [2.75, 3.05) is 51.7 Å². The van der Waals surface area contributed by atoms with E-state index in [1.54, 1.807) is 12.1 Å². The van der Waals surface area contributed by atoms with Gasteiger partial charge in [0.15, 0.2) is 0 Å². The summed E-state index contributed by atoms with van der Waals surface area (Å²) in [5.41, 5.74) is 1.86. The lowest BCUT2D eigenvalue weighted by atomic mass is 10.1. The van der Waals surface area contributed by atoms with Crippen LogP contribution in [0.25, 0.3) is 21.3 Å². The number of aromatic nitrogens is 2. The van der Waals surface area contributed by atoms with Gasteiger partial charge in [0.1, 0.15) is 22.8 Å². The van der Waals surface area contributed by atoms with Gasteiger partial charge in [0.05, 0.1) is 11.9 Å². The van der Waals surface area contributed by atoms with Gasteiger partial charge in [0.25, 0.3) is 0 Å². The number of thiophene rings is 1. The number of hydrogen-bond acceptors (Lipinski definition) is 6. The molecule has 1 aliphatic rings. The van der Waals surface area contributed by atoms with E-state index >= 15 is 0 Å². The zero-order valence-corrected chi connectivity index (χ0v) is 16.7. The number of hydrogen-bond donors (Lipinski definition) is 0. The number of piperazine rings is 1. The summed E-state index contributed by atoms with van der Waals surface area (Å²) in [7, 11) is 3.95. The number of fused-ring (bicyclic) bond motifs is 1. The fourth-order valence-electron chi connectivity index (χ4n) is 3.42. The quantitative estimate of drug-likeness (QED) is 0.675. The highest BCUT2D eigenvalue weighted by atomic mass is 32.1. The van der Waals surface area contributed by atoms with Gasteiger partial charge in [-0.15, -0.1) is 11.3 Å². The van der Waals surface area contributed by atoms with Crippen molar-refractivity contribution in [2.24, 2.45) is 0 Å². The fourth-order valence-corrected chi connectivity index (χ4v) is 4.33. The van der Waals surface area contributed by atoms with Crippen LogP contribution in [0, 0.1) is 5.82 Å². The Morgan fingerprint density at radius 3 is 2.61 bits per heavy atom. The van der Waals surface area contributed by atoms with Crippen LogP contribution in [-0.2, 0) is 4.79 Å². The Morgan fingerprint density at radius 1 is 1.18 bits per heavy atom. The number of halogens is 1. The first-order valence-electron chi connectivity index (χ1n) is 9.18. The average molecular weight is 399 g/mol. The predicted molar refractivity (Wildman–Crippen MR) is 110 cm³/mol. The van der Waals surface area contributed by atoms with E-state index in [1.807, 2.05) is 22.2 Å². The topological polar surface area (TPSA) is 52.6 Å². The summed E-state index contributed by atoms with van der Waals surface area (Å²) in [5, 5.41) is 2.90. The smallest absolute Gasteiger partial charge is 0.242 e. The molecule has 3 aromatic rings. The highest BCUT2D eigenvalue weighted by molar-refractivity contribution is 7.17. The summed E-state index contributed by atoms with van der Waals surface area (Å²) in [6.45, 7) is 3.55. The van der Waals surface area contributed by atoms with Crippen molar-refractivity contribution in [1.29, 1.82) is 0 Å². The Kier molecular flexibility index (Phi) is 5.23. The molecule has 0 unspecified atom stereocenters. The molecule has 3 heterocycles. The van der Waals surface area contributed by atoms with E-state index in [-0.39, 0.29) is 18.3 Å². The molecule has 1 amide bonds. The van der Waals surface area contributed by atoms with E-state index in [4.69, 9.17) is 0 Å². The zero-order chi connectivity index (χ0) is 19.7. The molecule has 146 valence electrons. The second kappa shape index (κ2) is 7.81. The molecule has 8 heteroatoms. The molecule has 0 radical (unpaired) electrons. The first-order valence-corrected chi connectivity index (χ1v) is 10.1. The lowest BCUT2D eigenvalue weighted by Crippen LogP contribution is -2.49. The van der Waals surface area contributed by atoms with Crippen molar-refractivity contribution in [3.63, 3.8) is 0 Å². The molecule has 4 rings (SSSR count). The number of anilines is 1. The number of carbonyl (C=O) groups excluding carboxylic acids is 1. The van der Waals surface area contributed by atoms with Crippen molar-refractivity contribution < 1.29 is 9.18 Å². The molecule has 0 bridgehead atoms. The largest absolute Gasteiger partial charge is 0.350 e. The van der Waals surface area contributed by atoms with Gasteiger partial charge in [0, 0.05) is 44.2 Å². The van der Waals surface area contributed by atoms with Crippen LogP contribution in [0.5, 0.6) is 0 Å². The molecule has 0 N–H and O–H groups in total. The minimum absolute atomic E-state index is 0.0981. The van der Waals surface area contributed by atoms with Gasteiger partial charge < -0.3 is 14.7 Å². The molecule has 0 atom stereocenters. The van der Waals surface area contributed by atoms with Crippen LogP contribution in [0.1, 0.15) is 0 Å².